The number of benzene rings is 6. The van der Waals surface area contributed by atoms with Gasteiger partial charge in [0.05, 0.1) is 5.41 Å². The van der Waals surface area contributed by atoms with Gasteiger partial charge in [-0.3, -0.25) is 0 Å². The first kappa shape index (κ1) is 29.1. The summed E-state index contributed by atoms with van der Waals surface area (Å²) < 4.78 is 0. The van der Waals surface area contributed by atoms with Gasteiger partial charge in [0, 0.05) is 0 Å². The Morgan fingerprint density at radius 1 is 0.533 bits per heavy atom. The van der Waals surface area contributed by atoms with Gasteiger partial charge in [0.2, 0.25) is 0 Å². The summed E-state index contributed by atoms with van der Waals surface area (Å²) in [7, 11) is 0. The first-order valence-electron chi connectivity index (χ1n) is 16.4. The van der Waals surface area contributed by atoms with Crippen molar-refractivity contribution in [2.45, 2.75) is 57.8 Å². The van der Waals surface area contributed by atoms with E-state index in [2.05, 4.69) is 180 Å². The normalized spacial score (nSPS) is 14.1. The van der Waals surface area contributed by atoms with Crippen LogP contribution in [0.5, 0.6) is 0 Å². The van der Waals surface area contributed by atoms with Crippen molar-refractivity contribution in [3.8, 4) is 33.4 Å². The van der Waals surface area contributed by atoms with Gasteiger partial charge in [-0.15, -0.1) is 0 Å². The highest BCUT2D eigenvalue weighted by Gasteiger charge is 2.47. The van der Waals surface area contributed by atoms with Crippen molar-refractivity contribution in [1.29, 1.82) is 0 Å². The van der Waals surface area contributed by atoms with Crippen molar-refractivity contribution >= 4 is 0 Å². The number of fused-ring (bicyclic) bond motifs is 3. The average molecular weight is 583 g/mol. The Balaban J connectivity index is 1.44. The van der Waals surface area contributed by atoms with Crippen LogP contribution < -0.4 is 0 Å². The SMILES string of the molecule is CCC(C)c1ccc2c(c1)C(c1ccccc1)(c1ccccc1)c1cccc(-c3ccc(-c4ccc(C(C)(C)C)cc4)cc3)c1-2. The Morgan fingerprint density at radius 3 is 1.64 bits per heavy atom. The van der Waals surface area contributed by atoms with Gasteiger partial charge in [0.25, 0.3) is 0 Å². The lowest BCUT2D eigenvalue weighted by atomic mass is 9.67. The molecule has 0 aliphatic heterocycles. The molecule has 0 nitrogen and oxygen atoms in total. The Hall–Kier alpha value is -4.68. The molecule has 0 heterocycles. The second kappa shape index (κ2) is 11.4. The molecule has 0 saturated carbocycles. The molecule has 1 aliphatic rings. The molecule has 6 aromatic carbocycles. The molecule has 0 aromatic heterocycles. The maximum atomic E-state index is 2.51. The van der Waals surface area contributed by atoms with E-state index in [0.717, 1.165) is 6.42 Å². The van der Waals surface area contributed by atoms with Crippen LogP contribution in [0.15, 0.2) is 146 Å². The van der Waals surface area contributed by atoms with E-state index in [1.807, 2.05) is 0 Å². The van der Waals surface area contributed by atoms with Gasteiger partial charge in [-0.2, -0.15) is 0 Å². The molecule has 0 saturated heterocycles. The lowest BCUT2D eigenvalue weighted by Gasteiger charge is -2.34. The molecule has 222 valence electrons. The van der Waals surface area contributed by atoms with Crippen molar-refractivity contribution in [1.82, 2.24) is 0 Å². The smallest absolute Gasteiger partial charge is 0.0648 e. The Kier molecular flexibility index (Phi) is 7.33. The zero-order chi connectivity index (χ0) is 31.2. The van der Waals surface area contributed by atoms with Crippen LogP contribution >= 0.6 is 0 Å². The molecular weight excluding hydrogens is 540 g/mol. The third-order valence-electron chi connectivity index (χ3n) is 10.1. The molecule has 1 unspecified atom stereocenters. The van der Waals surface area contributed by atoms with Crippen LogP contribution in [0.3, 0.4) is 0 Å². The largest absolute Gasteiger partial charge is 0.0713 e. The van der Waals surface area contributed by atoms with E-state index in [1.165, 1.54) is 66.8 Å². The second-order valence-electron chi connectivity index (χ2n) is 13.7. The lowest BCUT2D eigenvalue weighted by Crippen LogP contribution is -2.28. The van der Waals surface area contributed by atoms with Gasteiger partial charge in [-0.05, 0) is 84.5 Å². The molecule has 1 atom stereocenters. The first-order valence-corrected chi connectivity index (χ1v) is 16.4. The highest BCUT2D eigenvalue weighted by Crippen LogP contribution is 2.58. The van der Waals surface area contributed by atoms with E-state index in [1.54, 1.807) is 0 Å². The minimum atomic E-state index is -0.401. The van der Waals surface area contributed by atoms with Crippen molar-refractivity contribution in [3.05, 3.63) is 179 Å². The second-order valence-corrected chi connectivity index (χ2v) is 13.7. The van der Waals surface area contributed by atoms with Crippen molar-refractivity contribution in [3.63, 3.8) is 0 Å². The standard InChI is InChI=1S/C45H42/c1-6-31(2)35-26-29-40-42(30-35)45(37-14-9-7-10-15-37,38-16-11-8-12-17-38)41-19-13-18-39(43(40)41)34-22-20-32(21-23-34)33-24-27-36(28-25-33)44(3,4)5/h7-31H,6H2,1-5H3. The van der Waals surface area contributed by atoms with Gasteiger partial charge >= 0.3 is 0 Å². The number of hydrogen-bond acceptors (Lipinski definition) is 0. The molecule has 45 heavy (non-hydrogen) atoms. The van der Waals surface area contributed by atoms with Gasteiger partial charge in [-0.1, -0.05) is 180 Å². The van der Waals surface area contributed by atoms with E-state index in [-0.39, 0.29) is 5.41 Å². The summed E-state index contributed by atoms with van der Waals surface area (Å²) in [4.78, 5) is 0. The van der Waals surface area contributed by atoms with Crippen LogP contribution in [0.4, 0.5) is 0 Å². The minimum Gasteiger partial charge on any atom is -0.0648 e. The van der Waals surface area contributed by atoms with Crippen LogP contribution in [0, 0.1) is 0 Å². The molecule has 6 aromatic rings. The van der Waals surface area contributed by atoms with E-state index < -0.39 is 5.41 Å². The molecule has 0 spiro atoms. The van der Waals surface area contributed by atoms with Crippen LogP contribution in [-0.4, -0.2) is 0 Å². The molecule has 7 rings (SSSR count). The topological polar surface area (TPSA) is 0 Å². The molecular formula is C45H42. The van der Waals surface area contributed by atoms with Crippen LogP contribution in [0.25, 0.3) is 33.4 Å². The van der Waals surface area contributed by atoms with Gasteiger partial charge in [0.15, 0.2) is 0 Å². The summed E-state index contributed by atoms with van der Waals surface area (Å²) in [5.41, 5.74) is 15.6. The van der Waals surface area contributed by atoms with Gasteiger partial charge in [0.1, 0.15) is 0 Å². The summed E-state index contributed by atoms with van der Waals surface area (Å²) in [6, 6.07) is 54.7. The number of rotatable bonds is 6. The minimum absolute atomic E-state index is 0.149. The van der Waals surface area contributed by atoms with Gasteiger partial charge < -0.3 is 0 Å². The zero-order valence-corrected chi connectivity index (χ0v) is 27.1. The quantitative estimate of drug-likeness (QED) is 0.183. The van der Waals surface area contributed by atoms with Crippen LogP contribution in [-0.2, 0) is 10.8 Å². The zero-order valence-electron chi connectivity index (χ0n) is 27.1. The third kappa shape index (κ3) is 4.84. The first-order chi connectivity index (χ1) is 21.8. The third-order valence-corrected chi connectivity index (χ3v) is 10.1. The maximum absolute atomic E-state index is 2.51. The van der Waals surface area contributed by atoms with Crippen LogP contribution in [0.2, 0.25) is 0 Å². The van der Waals surface area contributed by atoms with Crippen molar-refractivity contribution < 1.29 is 0 Å². The van der Waals surface area contributed by atoms with Gasteiger partial charge in [-0.25, -0.2) is 0 Å². The molecule has 0 radical (unpaired) electrons. The van der Waals surface area contributed by atoms with Crippen molar-refractivity contribution in [2.24, 2.45) is 0 Å². The predicted molar refractivity (Wildman–Crippen MR) is 192 cm³/mol. The average Bonchev–Trinajstić information content (AvgIpc) is 3.39. The molecule has 0 heteroatoms. The summed E-state index contributed by atoms with van der Waals surface area (Å²) in [6.07, 6.45) is 1.12. The number of hydrogen-bond donors (Lipinski definition) is 0. The summed E-state index contributed by atoms with van der Waals surface area (Å²) in [6.45, 7) is 11.4. The summed E-state index contributed by atoms with van der Waals surface area (Å²) in [5.74, 6) is 0.493. The maximum Gasteiger partial charge on any atom is 0.0713 e. The Morgan fingerprint density at radius 2 is 1.09 bits per heavy atom. The molecule has 1 aliphatic carbocycles. The highest BCUT2D eigenvalue weighted by atomic mass is 14.5. The fourth-order valence-corrected chi connectivity index (χ4v) is 7.34. The highest BCUT2D eigenvalue weighted by molar-refractivity contribution is 5.95. The molecule has 0 amide bonds. The fraction of sp³-hybridized carbons (Fsp3) is 0.200. The monoisotopic (exact) mass is 582 g/mol. The van der Waals surface area contributed by atoms with E-state index in [4.69, 9.17) is 0 Å². The summed E-state index contributed by atoms with van der Waals surface area (Å²) in [5, 5.41) is 0. The fourth-order valence-electron chi connectivity index (χ4n) is 7.34. The van der Waals surface area contributed by atoms with Crippen molar-refractivity contribution in [2.75, 3.05) is 0 Å². The molecule has 0 fully saturated rings. The predicted octanol–water partition coefficient (Wildman–Crippen LogP) is 12.2. The molecule has 0 bridgehead atoms. The Bertz CT molecular complexity index is 1900. The summed E-state index contributed by atoms with van der Waals surface area (Å²) >= 11 is 0. The lowest BCUT2D eigenvalue weighted by molar-refractivity contribution is 0.590. The van der Waals surface area contributed by atoms with Crippen LogP contribution in [0.1, 0.15) is 80.3 Å². The molecule has 0 N–H and O–H groups in total. The Labute approximate surface area is 269 Å². The van der Waals surface area contributed by atoms with E-state index >= 15 is 0 Å². The van der Waals surface area contributed by atoms with E-state index in [0.29, 0.717) is 5.92 Å². The van der Waals surface area contributed by atoms with E-state index in [9.17, 15) is 0 Å².